The van der Waals surface area contributed by atoms with Gasteiger partial charge in [-0.1, -0.05) is 0 Å². The van der Waals surface area contributed by atoms with E-state index < -0.39 is 0 Å². The fourth-order valence-corrected chi connectivity index (χ4v) is 1.45. The molecular weight excluding hydrogens is 210 g/mol. The number of fused-ring (bicyclic) bond motifs is 1. The Balaban J connectivity index is 2.69. The van der Waals surface area contributed by atoms with Crippen molar-refractivity contribution in [3.8, 4) is 0 Å². The van der Waals surface area contributed by atoms with E-state index in [2.05, 4.69) is 20.3 Å². The Labute approximate surface area is 90.5 Å². The predicted octanol–water partition coefficient (Wildman–Crippen LogP) is -0.0766. The standard InChI is InChI=1S/C9H11N5O2/c1-4-10-7-6(14(4)3)8(16)13-9(12-7)11-5(2)15/h1-3H3,(H2,11,12,13,15,16). The molecule has 0 spiro atoms. The molecule has 7 nitrogen and oxygen atoms in total. The molecule has 2 aromatic heterocycles. The Morgan fingerprint density at radius 1 is 1.44 bits per heavy atom. The molecule has 2 rings (SSSR count). The van der Waals surface area contributed by atoms with E-state index >= 15 is 0 Å². The van der Waals surface area contributed by atoms with Crippen LogP contribution in [-0.4, -0.2) is 25.4 Å². The number of aryl methyl sites for hydroxylation is 2. The van der Waals surface area contributed by atoms with Crippen molar-refractivity contribution in [3.63, 3.8) is 0 Å². The lowest BCUT2D eigenvalue weighted by atomic mass is 10.5. The second-order valence-electron chi connectivity index (χ2n) is 3.49. The summed E-state index contributed by atoms with van der Waals surface area (Å²) in [4.78, 5) is 33.2. The zero-order valence-electron chi connectivity index (χ0n) is 9.16. The van der Waals surface area contributed by atoms with Gasteiger partial charge in [-0.05, 0) is 6.92 Å². The summed E-state index contributed by atoms with van der Waals surface area (Å²) in [6, 6.07) is 0. The average molecular weight is 221 g/mol. The first-order valence-electron chi connectivity index (χ1n) is 4.70. The zero-order chi connectivity index (χ0) is 11.9. The van der Waals surface area contributed by atoms with Crippen molar-refractivity contribution in [3.05, 3.63) is 16.2 Å². The molecule has 2 heterocycles. The highest BCUT2D eigenvalue weighted by Gasteiger charge is 2.11. The van der Waals surface area contributed by atoms with Gasteiger partial charge in [0.05, 0.1) is 0 Å². The second kappa shape index (κ2) is 3.44. The number of nitrogens with one attached hydrogen (secondary N) is 2. The number of H-pyrrole nitrogens is 1. The van der Waals surface area contributed by atoms with Crippen molar-refractivity contribution < 1.29 is 4.79 Å². The molecule has 0 aliphatic carbocycles. The van der Waals surface area contributed by atoms with Crippen LogP contribution in [0.15, 0.2) is 4.79 Å². The number of hydrogen-bond donors (Lipinski definition) is 2. The molecule has 0 atom stereocenters. The number of carbonyl (C=O) groups excluding carboxylic acids is 1. The molecule has 16 heavy (non-hydrogen) atoms. The van der Waals surface area contributed by atoms with E-state index in [1.54, 1.807) is 18.5 Å². The highest BCUT2D eigenvalue weighted by molar-refractivity contribution is 5.87. The number of rotatable bonds is 1. The van der Waals surface area contributed by atoms with Crippen LogP contribution >= 0.6 is 0 Å². The van der Waals surface area contributed by atoms with E-state index in [0.717, 1.165) is 0 Å². The molecule has 7 heteroatoms. The van der Waals surface area contributed by atoms with E-state index in [-0.39, 0.29) is 17.4 Å². The Kier molecular flexibility index (Phi) is 2.22. The third-order valence-electron chi connectivity index (χ3n) is 2.26. The highest BCUT2D eigenvalue weighted by Crippen LogP contribution is 2.08. The monoisotopic (exact) mass is 221 g/mol. The maximum Gasteiger partial charge on any atom is 0.278 e. The summed E-state index contributed by atoms with van der Waals surface area (Å²) in [7, 11) is 1.74. The van der Waals surface area contributed by atoms with E-state index in [1.807, 2.05) is 0 Å². The smallest absolute Gasteiger partial charge is 0.278 e. The Morgan fingerprint density at radius 2 is 2.12 bits per heavy atom. The molecule has 0 unspecified atom stereocenters. The number of aromatic amines is 1. The van der Waals surface area contributed by atoms with Gasteiger partial charge in [0.2, 0.25) is 11.9 Å². The minimum atomic E-state index is -0.322. The molecule has 0 aliphatic heterocycles. The number of amides is 1. The minimum absolute atomic E-state index is 0.114. The normalized spacial score (nSPS) is 10.7. The van der Waals surface area contributed by atoms with Gasteiger partial charge in [-0.3, -0.25) is 19.9 Å². The molecule has 0 bridgehead atoms. The van der Waals surface area contributed by atoms with Crippen molar-refractivity contribution >= 4 is 23.0 Å². The molecule has 2 aromatic rings. The Morgan fingerprint density at radius 3 is 2.75 bits per heavy atom. The minimum Gasteiger partial charge on any atom is -0.325 e. The third-order valence-corrected chi connectivity index (χ3v) is 2.26. The molecule has 0 fully saturated rings. The maximum atomic E-state index is 11.7. The molecule has 1 amide bonds. The van der Waals surface area contributed by atoms with Crippen molar-refractivity contribution in [1.82, 2.24) is 19.5 Å². The van der Waals surface area contributed by atoms with Crippen molar-refractivity contribution in [2.75, 3.05) is 5.32 Å². The van der Waals surface area contributed by atoms with Gasteiger partial charge in [-0.2, -0.15) is 4.98 Å². The number of imidazole rings is 1. The van der Waals surface area contributed by atoms with Gasteiger partial charge < -0.3 is 4.57 Å². The van der Waals surface area contributed by atoms with Crippen LogP contribution in [0.2, 0.25) is 0 Å². The molecule has 0 saturated heterocycles. The number of nitrogens with zero attached hydrogens (tertiary/aromatic N) is 3. The molecule has 84 valence electrons. The van der Waals surface area contributed by atoms with Crippen LogP contribution in [0.25, 0.3) is 11.2 Å². The quantitative estimate of drug-likeness (QED) is 0.704. The van der Waals surface area contributed by atoms with Gasteiger partial charge in [0, 0.05) is 14.0 Å². The molecular formula is C9H11N5O2. The zero-order valence-corrected chi connectivity index (χ0v) is 9.16. The fourth-order valence-electron chi connectivity index (χ4n) is 1.45. The fraction of sp³-hybridized carbons (Fsp3) is 0.333. The van der Waals surface area contributed by atoms with Gasteiger partial charge in [0.15, 0.2) is 11.2 Å². The van der Waals surface area contributed by atoms with Gasteiger partial charge in [0.1, 0.15) is 5.82 Å². The van der Waals surface area contributed by atoms with E-state index in [9.17, 15) is 9.59 Å². The van der Waals surface area contributed by atoms with Crippen LogP contribution in [0.3, 0.4) is 0 Å². The van der Waals surface area contributed by atoms with Gasteiger partial charge in [0.25, 0.3) is 5.56 Å². The van der Waals surface area contributed by atoms with E-state index in [1.165, 1.54) is 6.92 Å². The largest absolute Gasteiger partial charge is 0.325 e. The maximum absolute atomic E-state index is 11.7. The van der Waals surface area contributed by atoms with E-state index in [0.29, 0.717) is 17.0 Å². The Hall–Kier alpha value is -2.18. The number of aromatic nitrogens is 4. The lowest BCUT2D eigenvalue weighted by molar-refractivity contribution is -0.114. The summed E-state index contributed by atoms with van der Waals surface area (Å²) < 4.78 is 1.65. The number of anilines is 1. The Bertz CT molecular complexity index is 625. The topological polar surface area (TPSA) is 92.7 Å². The van der Waals surface area contributed by atoms with Gasteiger partial charge in [-0.15, -0.1) is 0 Å². The van der Waals surface area contributed by atoms with Crippen molar-refractivity contribution in [1.29, 1.82) is 0 Å². The lowest BCUT2D eigenvalue weighted by Gasteiger charge is -2.00. The van der Waals surface area contributed by atoms with Crippen LogP contribution in [-0.2, 0) is 11.8 Å². The summed E-state index contributed by atoms with van der Waals surface area (Å²) in [5.41, 5.74) is 0.399. The van der Waals surface area contributed by atoms with Gasteiger partial charge in [-0.25, -0.2) is 4.98 Å². The lowest BCUT2D eigenvalue weighted by Crippen LogP contribution is -2.17. The van der Waals surface area contributed by atoms with Crippen molar-refractivity contribution in [2.24, 2.45) is 7.05 Å². The van der Waals surface area contributed by atoms with Crippen LogP contribution in [0, 0.1) is 6.92 Å². The van der Waals surface area contributed by atoms with Gasteiger partial charge >= 0.3 is 0 Å². The average Bonchev–Trinajstić information content (AvgIpc) is 2.41. The van der Waals surface area contributed by atoms with Crippen molar-refractivity contribution in [2.45, 2.75) is 13.8 Å². The molecule has 0 aliphatic rings. The number of carbonyl (C=O) groups is 1. The summed E-state index contributed by atoms with van der Waals surface area (Å²) in [6.45, 7) is 3.12. The first kappa shape index (κ1) is 10.3. The van der Waals surface area contributed by atoms with Crippen LogP contribution < -0.4 is 10.9 Å². The highest BCUT2D eigenvalue weighted by atomic mass is 16.1. The molecule has 0 aromatic carbocycles. The van der Waals surface area contributed by atoms with E-state index in [4.69, 9.17) is 0 Å². The third kappa shape index (κ3) is 1.56. The molecule has 0 saturated carbocycles. The number of hydrogen-bond acceptors (Lipinski definition) is 4. The summed E-state index contributed by atoms with van der Waals surface area (Å²) in [5.74, 6) is 0.506. The summed E-state index contributed by atoms with van der Waals surface area (Å²) in [6.07, 6.45) is 0. The molecule has 2 N–H and O–H groups in total. The first-order chi connectivity index (χ1) is 7.49. The molecule has 0 radical (unpaired) electrons. The summed E-state index contributed by atoms with van der Waals surface area (Å²) in [5, 5.41) is 2.41. The SMILES string of the molecule is CC(=O)Nc1nc2nc(C)n(C)c2c(=O)[nH]1. The predicted molar refractivity (Wildman–Crippen MR) is 58.2 cm³/mol. The van der Waals surface area contributed by atoms with Crippen LogP contribution in [0.5, 0.6) is 0 Å². The van der Waals surface area contributed by atoms with Crippen LogP contribution in [0.4, 0.5) is 5.95 Å². The summed E-state index contributed by atoms with van der Waals surface area (Å²) >= 11 is 0. The first-order valence-corrected chi connectivity index (χ1v) is 4.70. The second-order valence-corrected chi connectivity index (χ2v) is 3.49. The van der Waals surface area contributed by atoms with Crippen LogP contribution in [0.1, 0.15) is 12.7 Å².